The van der Waals surface area contributed by atoms with Gasteiger partial charge in [-0.25, -0.2) is 9.78 Å². The van der Waals surface area contributed by atoms with Crippen LogP contribution in [-0.2, 0) is 10.3 Å². The van der Waals surface area contributed by atoms with E-state index < -0.39 is 17.1 Å². The first-order valence-electron chi connectivity index (χ1n) is 8.04. The highest BCUT2D eigenvalue weighted by molar-refractivity contribution is 5.69. The number of nitrogens with zero attached hydrogens (tertiary/aromatic N) is 2. The molecule has 1 aromatic heterocycles. The van der Waals surface area contributed by atoms with Crippen LogP contribution in [0.3, 0.4) is 0 Å². The third kappa shape index (κ3) is 3.04. The van der Waals surface area contributed by atoms with Crippen LogP contribution in [-0.4, -0.2) is 38.8 Å². The summed E-state index contributed by atoms with van der Waals surface area (Å²) in [6.45, 7) is 5.49. The van der Waals surface area contributed by atoms with Gasteiger partial charge in [0.1, 0.15) is 5.60 Å². The van der Waals surface area contributed by atoms with Gasteiger partial charge in [-0.2, -0.15) is 4.39 Å². The molecule has 2 atom stereocenters. The number of hydrogen-bond donors (Lipinski definition) is 1. The van der Waals surface area contributed by atoms with Gasteiger partial charge >= 0.3 is 6.09 Å². The highest BCUT2D eigenvalue weighted by atomic mass is 19.1. The second-order valence-corrected chi connectivity index (χ2v) is 7.55. The first kappa shape index (κ1) is 16.2. The smallest absolute Gasteiger partial charge is 0.410 e. The van der Waals surface area contributed by atoms with Crippen molar-refractivity contribution in [3.05, 3.63) is 29.8 Å². The molecule has 0 spiro atoms. The second kappa shape index (κ2) is 5.44. The SMILES string of the molecule is CC(C)(C)OC(=O)N1C2CCC1CC(O)(c1cccnc1F)C2. The van der Waals surface area contributed by atoms with Gasteiger partial charge in [-0.05, 0) is 39.7 Å². The average Bonchev–Trinajstić information content (AvgIpc) is 2.70. The molecule has 2 aliphatic rings. The quantitative estimate of drug-likeness (QED) is 0.808. The number of carbonyl (C=O) groups is 1. The van der Waals surface area contributed by atoms with Gasteiger partial charge in [0.2, 0.25) is 5.95 Å². The molecule has 0 aliphatic carbocycles. The normalized spacial score (nSPS) is 30.4. The number of aliphatic hydroxyl groups is 1. The second-order valence-electron chi connectivity index (χ2n) is 7.55. The van der Waals surface area contributed by atoms with E-state index in [1.807, 2.05) is 20.8 Å². The minimum Gasteiger partial charge on any atom is -0.444 e. The summed E-state index contributed by atoms with van der Waals surface area (Å²) in [7, 11) is 0. The van der Waals surface area contributed by atoms with Crippen molar-refractivity contribution in [2.24, 2.45) is 0 Å². The molecule has 2 unspecified atom stereocenters. The number of amides is 1. The number of rotatable bonds is 1. The van der Waals surface area contributed by atoms with E-state index in [2.05, 4.69) is 4.98 Å². The van der Waals surface area contributed by atoms with Crippen molar-refractivity contribution in [2.75, 3.05) is 0 Å². The summed E-state index contributed by atoms with van der Waals surface area (Å²) in [5.41, 5.74) is -1.61. The van der Waals surface area contributed by atoms with E-state index >= 15 is 0 Å². The lowest BCUT2D eigenvalue weighted by molar-refractivity contribution is -0.0643. The Morgan fingerprint density at radius 1 is 1.39 bits per heavy atom. The van der Waals surface area contributed by atoms with Crippen LogP contribution in [0.1, 0.15) is 52.0 Å². The number of piperidine rings is 1. The lowest BCUT2D eigenvalue weighted by Crippen LogP contribution is -2.53. The fourth-order valence-corrected chi connectivity index (χ4v) is 3.79. The molecule has 2 bridgehead atoms. The lowest BCUT2D eigenvalue weighted by atomic mass is 9.81. The molecule has 2 fully saturated rings. The van der Waals surface area contributed by atoms with Crippen molar-refractivity contribution in [3.8, 4) is 0 Å². The number of fused-ring (bicyclic) bond motifs is 2. The van der Waals surface area contributed by atoms with E-state index in [1.165, 1.54) is 6.20 Å². The zero-order valence-corrected chi connectivity index (χ0v) is 13.8. The van der Waals surface area contributed by atoms with Crippen molar-refractivity contribution >= 4 is 6.09 Å². The number of carbonyl (C=O) groups excluding carboxylic acids is 1. The standard InChI is InChI=1S/C17H23FN2O3/c1-16(2,3)23-15(21)20-11-6-7-12(20)10-17(22,9-11)13-5-4-8-19-14(13)18/h4-5,8,11-12,22H,6-7,9-10H2,1-3H3. The molecule has 0 saturated carbocycles. The van der Waals surface area contributed by atoms with Crippen LogP contribution >= 0.6 is 0 Å². The van der Waals surface area contributed by atoms with Gasteiger partial charge in [0.25, 0.3) is 0 Å². The number of pyridine rings is 1. The Morgan fingerprint density at radius 3 is 2.52 bits per heavy atom. The monoisotopic (exact) mass is 322 g/mol. The first-order chi connectivity index (χ1) is 10.7. The minimum absolute atomic E-state index is 0.131. The van der Waals surface area contributed by atoms with Crippen LogP contribution in [0.4, 0.5) is 9.18 Å². The molecule has 23 heavy (non-hydrogen) atoms. The van der Waals surface area contributed by atoms with E-state index in [0.29, 0.717) is 12.8 Å². The summed E-state index contributed by atoms with van der Waals surface area (Å²) in [6, 6.07) is 2.94. The zero-order valence-electron chi connectivity index (χ0n) is 13.8. The van der Waals surface area contributed by atoms with Crippen molar-refractivity contribution in [1.29, 1.82) is 0 Å². The number of hydrogen-bond acceptors (Lipinski definition) is 4. The number of ether oxygens (including phenoxy) is 1. The first-order valence-corrected chi connectivity index (χ1v) is 8.04. The van der Waals surface area contributed by atoms with E-state index in [1.54, 1.807) is 17.0 Å². The molecule has 3 heterocycles. The maximum atomic E-state index is 14.0. The molecule has 1 amide bonds. The Morgan fingerprint density at radius 2 is 2.00 bits per heavy atom. The summed E-state index contributed by atoms with van der Waals surface area (Å²) >= 11 is 0. The molecule has 2 saturated heterocycles. The van der Waals surface area contributed by atoms with Crippen LogP contribution in [0.5, 0.6) is 0 Å². The van der Waals surface area contributed by atoms with Gasteiger partial charge in [-0.15, -0.1) is 0 Å². The highest BCUT2D eigenvalue weighted by Crippen LogP contribution is 2.46. The third-order valence-electron chi connectivity index (χ3n) is 4.63. The maximum Gasteiger partial charge on any atom is 0.410 e. The Bertz CT molecular complexity index is 600. The minimum atomic E-state index is -1.28. The Kier molecular flexibility index (Phi) is 3.83. The molecule has 0 radical (unpaired) electrons. The van der Waals surface area contributed by atoms with E-state index in [-0.39, 0.29) is 23.7 Å². The predicted octanol–water partition coefficient (Wildman–Crippen LogP) is 2.97. The van der Waals surface area contributed by atoms with E-state index in [4.69, 9.17) is 4.74 Å². The van der Waals surface area contributed by atoms with Crippen LogP contribution < -0.4 is 0 Å². The van der Waals surface area contributed by atoms with Crippen LogP contribution in [0.25, 0.3) is 0 Å². The molecular weight excluding hydrogens is 299 g/mol. The average molecular weight is 322 g/mol. The van der Waals surface area contributed by atoms with Gasteiger partial charge in [0.15, 0.2) is 0 Å². The summed E-state index contributed by atoms with van der Waals surface area (Å²) in [4.78, 5) is 17.8. The van der Waals surface area contributed by atoms with Crippen LogP contribution in [0, 0.1) is 5.95 Å². The largest absolute Gasteiger partial charge is 0.444 e. The third-order valence-corrected chi connectivity index (χ3v) is 4.63. The van der Waals surface area contributed by atoms with Gasteiger partial charge in [-0.3, -0.25) is 0 Å². The molecule has 126 valence electrons. The molecule has 3 rings (SSSR count). The fourth-order valence-electron chi connectivity index (χ4n) is 3.79. The van der Waals surface area contributed by atoms with Gasteiger partial charge in [0.05, 0.1) is 5.60 Å². The van der Waals surface area contributed by atoms with Crippen LogP contribution in [0.2, 0.25) is 0 Å². The van der Waals surface area contributed by atoms with Gasteiger partial charge in [-0.1, -0.05) is 6.07 Å². The summed E-state index contributed by atoms with van der Waals surface area (Å²) in [5, 5.41) is 11.0. The molecule has 6 heteroatoms. The van der Waals surface area contributed by atoms with Crippen molar-refractivity contribution in [2.45, 2.75) is 69.7 Å². The van der Waals surface area contributed by atoms with Crippen molar-refractivity contribution < 1.29 is 19.0 Å². The molecule has 1 aromatic rings. The molecule has 0 aromatic carbocycles. The fraction of sp³-hybridized carbons (Fsp3) is 0.647. The van der Waals surface area contributed by atoms with Crippen molar-refractivity contribution in [1.82, 2.24) is 9.88 Å². The molecule has 5 nitrogen and oxygen atoms in total. The van der Waals surface area contributed by atoms with E-state index in [9.17, 15) is 14.3 Å². The number of halogens is 1. The lowest BCUT2D eigenvalue weighted by Gasteiger charge is -2.44. The molecule has 1 N–H and O–H groups in total. The van der Waals surface area contributed by atoms with Crippen LogP contribution in [0.15, 0.2) is 18.3 Å². The maximum absolute atomic E-state index is 14.0. The Labute approximate surface area is 135 Å². The van der Waals surface area contributed by atoms with Crippen molar-refractivity contribution in [3.63, 3.8) is 0 Å². The highest BCUT2D eigenvalue weighted by Gasteiger charge is 2.51. The summed E-state index contributed by atoms with van der Waals surface area (Å²) in [6.07, 6.45) is 3.24. The topological polar surface area (TPSA) is 62.7 Å². The zero-order chi connectivity index (χ0) is 16.8. The number of aromatic nitrogens is 1. The Hall–Kier alpha value is -1.69. The molecular formula is C17H23FN2O3. The Balaban J connectivity index is 1.82. The van der Waals surface area contributed by atoms with Gasteiger partial charge in [0, 0.05) is 36.7 Å². The predicted molar refractivity (Wildman–Crippen MR) is 82.2 cm³/mol. The van der Waals surface area contributed by atoms with E-state index in [0.717, 1.165) is 12.8 Å². The van der Waals surface area contributed by atoms with Gasteiger partial charge < -0.3 is 14.7 Å². The summed E-state index contributed by atoms with van der Waals surface area (Å²) in [5.74, 6) is -0.639. The molecule has 2 aliphatic heterocycles. The summed E-state index contributed by atoms with van der Waals surface area (Å²) < 4.78 is 19.5.